The number of hydrogen-bond acceptors (Lipinski definition) is 5. The maximum Gasteiger partial charge on any atom is 0.242 e. The van der Waals surface area contributed by atoms with Crippen molar-refractivity contribution in [2.45, 2.75) is 62.7 Å². The van der Waals surface area contributed by atoms with E-state index < -0.39 is 16.1 Å². The van der Waals surface area contributed by atoms with E-state index in [0.717, 1.165) is 29.5 Å². The van der Waals surface area contributed by atoms with Crippen molar-refractivity contribution in [3.05, 3.63) is 95.8 Å². The normalized spacial score (nSPS) is 14.1. The van der Waals surface area contributed by atoms with Crippen LogP contribution in [0.5, 0.6) is 0 Å². The summed E-state index contributed by atoms with van der Waals surface area (Å²) in [5.41, 5.74) is 2.66. The van der Waals surface area contributed by atoms with Gasteiger partial charge < -0.3 is 10.2 Å². The molecule has 37 heavy (non-hydrogen) atoms. The lowest BCUT2D eigenvalue weighted by Crippen LogP contribution is -2.47. The van der Waals surface area contributed by atoms with E-state index in [-0.39, 0.29) is 29.2 Å². The Hall–Kier alpha value is -3.56. The molecule has 1 aliphatic rings. The Morgan fingerprint density at radius 2 is 1.68 bits per heavy atom. The molecule has 1 aliphatic carbocycles. The van der Waals surface area contributed by atoms with Crippen molar-refractivity contribution < 1.29 is 18.0 Å². The molecule has 1 saturated carbocycles. The summed E-state index contributed by atoms with van der Waals surface area (Å²) in [4.78, 5) is 32.1. The maximum atomic E-state index is 13.3. The average molecular weight is 521 g/mol. The highest BCUT2D eigenvalue weighted by Gasteiger charge is 2.28. The fraction of sp³-hybridized carbons (Fsp3) is 0.321. The number of benzene rings is 2. The highest BCUT2D eigenvalue weighted by atomic mass is 32.2. The number of aromatic nitrogens is 1. The number of hydrogen-bond donors (Lipinski definition) is 2. The van der Waals surface area contributed by atoms with E-state index in [1.165, 1.54) is 0 Å². The molecule has 2 amide bonds. The molecule has 194 valence electrons. The smallest absolute Gasteiger partial charge is 0.242 e. The molecule has 9 heteroatoms. The molecule has 0 aliphatic heterocycles. The minimum Gasteiger partial charge on any atom is -0.350 e. The van der Waals surface area contributed by atoms with Crippen LogP contribution in [0.2, 0.25) is 0 Å². The zero-order chi connectivity index (χ0) is 26.3. The standard InChI is InChI=1S/C28H32N4O4S/c1-21(28(34)30-19-24-8-5-17-29-18-24)32(20-23-6-3-2-4-7-23)27(33)16-11-22-9-14-26(15-10-22)37(35,36)31-25-12-13-25/h2-10,14-15,17-18,21,25,31H,11-13,16,19-20H2,1H3,(H,30,34). The molecule has 8 nitrogen and oxygen atoms in total. The van der Waals surface area contributed by atoms with Gasteiger partial charge in [0.05, 0.1) is 4.90 Å². The first-order valence-electron chi connectivity index (χ1n) is 12.4. The number of rotatable bonds is 12. The Kier molecular flexibility index (Phi) is 8.68. The van der Waals surface area contributed by atoms with Gasteiger partial charge in [0.25, 0.3) is 0 Å². The molecule has 1 atom stereocenters. The summed E-state index contributed by atoms with van der Waals surface area (Å²) < 4.78 is 27.5. The van der Waals surface area contributed by atoms with Crippen LogP contribution in [0.15, 0.2) is 84.0 Å². The van der Waals surface area contributed by atoms with Gasteiger partial charge in [0, 0.05) is 37.9 Å². The Morgan fingerprint density at radius 3 is 2.32 bits per heavy atom. The van der Waals surface area contributed by atoms with E-state index in [0.29, 0.717) is 19.5 Å². The summed E-state index contributed by atoms with van der Waals surface area (Å²) in [5, 5.41) is 2.90. The van der Waals surface area contributed by atoms with Crippen LogP contribution >= 0.6 is 0 Å². The van der Waals surface area contributed by atoms with Crippen molar-refractivity contribution in [2.24, 2.45) is 0 Å². The summed E-state index contributed by atoms with van der Waals surface area (Å²) >= 11 is 0. The van der Waals surface area contributed by atoms with E-state index in [4.69, 9.17) is 0 Å². The third kappa shape index (κ3) is 7.71. The molecule has 1 unspecified atom stereocenters. The van der Waals surface area contributed by atoms with Crippen LogP contribution in [-0.2, 0) is 39.1 Å². The monoisotopic (exact) mass is 520 g/mol. The molecule has 1 aromatic heterocycles. The lowest BCUT2D eigenvalue weighted by molar-refractivity contribution is -0.140. The third-order valence-corrected chi connectivity index (χ3v) is 7.85. The summed E-state index contributed by atoms with van der Waals surface area (Å²) in [6, 6.07) is 19.2. The largest absolute Gasteiger partial charge is 0.350 e. The third-order valence-electron chi connectivity index (χ3n) is 6.31. The number of carbonyl (C=O) groups is 2. The minimum absolute atomic E-state index is 0.0430. The highest BCUT2D eigenvalue weighted by molar-refractivity contribution is 7.89. The molecule has 0 bridgehead atoms. The number of carbonyl (C=O) groups excluding carboxylic acids is 2. The topological polar surface area (TPSA) is 108 Å². The van der Waals surface area contributed by atoms with E-state index in [1.807, 2.05) is 42.5 Å². The van der Waals surface area contributed by atoms with Gasteiger partial charge in [-0.05, 0) is 61.1 Å². The van der Waals surface area contributed by atoms with Gasteiger partial charge >= 0.3 is 0 Å². The molecule has 2 N–H and O–H groups in total. The maximum absolute atomic E-state index is 13.3. The average Bonchev–Trinajstić information content (AvgIpc) is 3.73. The first-order chi connectivity index (χ1) is 17.8. The lowest BCUT2D eigenvalue weighted by atomic mass is 10.1. The second-order valence-corrected chi connectivity index (χ2v) is 11.0. The molecule has 1 fully saturated rings. The highest BCUT2D eigenvalue weighted by Crippen LogP contribution is 2.22. The molecule has 0 radical (unpaired) electrons. The second kappa shape index (κ2) is 12.1. The van der Waals surface area contributed by atoms with E-state index in [2.05, 4.69) is 15.0 Å². The van der Waals surface area contributed by atoms with Gasteiger partial charge in [-0.3, -0.25) is 14.6 Å². The fourth-order valence-corrected chi connectivity index (χ4v) is 5.23. The number of sulfonamides is 1. The van der Waals surface area contributed by atoms with Crippen LogP contribution < -0.4 is 10.0 Å². The Labute approximate surface area is 218 Å². The number of amides is 2. The van der Waals surface area contributed by atoms with E-state index >= 15 is 0 Å². The van der Waals surface area contributed by atoms with Gasteiger partial charge in [0.2, 0.25) is 21.8 Å². The van der Waals surface area contributed by atoms with Gasteiger partial charge in [-0.25, -0.2) is 13.1 Å². The van der Waals surface area contributed by atoms with Crippen LogP contribution in [-0.4, -0.2) is 42.2 Å². The molecule has 0 spiro atoms. The molecule has 1 heterocycles. The summed E-state index contributed by atoms with van der Waals surface area (Å²) in [5.74, 6) is -0.397. The summed E-state index contributed by atoms with van der Waals surface area (Å²) in [7, 11) is -3.51. The minimum atomic E-state index is -3.51. The summed E-state index contributed by atoms with van der Waals surface area (Å²) in [6.07, 6.45) is 5.74. The predicted octanol–water partition coefficient (Wildman–Crippen LogP) is 3.19. The second-order valence-electron chi connectivity index (χ2n) is 9.30. The molecular formula is C28H32N4O4S. The molecule has 4 rings (SSSR count). The Morgan fingerprint density at radius 1 is 0.973 bits per heavy atom. The van der Waals surface area contributed by atoms with Gasteiger partial charge in [0.15, 0.2) is 0 Å². The first kappa shape index (κ1) is 26.5. The molecule has 2 aromatic carbocycles. The Bertz CT molecular complexity index is 1300. The lowest BCUT2D eigenvalue weighted by Gasteiger charge is -2.29. The van der Waals surface area contributed by atoms with E-state index in [1.54, 1.807) is 48.5 Å². The summed E-state index contributed by atoms with van der Waals surface area (Å²) in [6.45, 7) is 2.37. The quantitative estimate of drug-likeness (QED) is 0.381. The van der Waals surface area contributed by atoms with Gasteiger partial charge in [-0.15, -0.1) is 0 Å². The van der Waals surface area contributed by atoms with Crippen LogP contribution in [0, 0.1) is 0 Å². The van der Waals surface area contributed by atoms with Crippen LogP contribution in [0.25, 0.3) is 0 Å². The van der Waals surface area contributed by atoms with Crippen LogP contribution in [0.1, 0.15) is 42.9 Å². The first-order valence-corrected chi connectivity index (χ1v) is 13.9. The van der Waals surface area contributed by atoms with Crippen LogP contribution in [0.3, 0.4) is 0 Å². The van der Waals surface area contributed by atoms with E-state index in [9.17, 15) is 18.0 Å². The van der Waals surface area contributed by atoms with Crippen molar-refractivity contribution in [3.8, 4) is 0 Å². The van der Waals surface area contributed by atoms with Gasteiger partial charge in [-0.2, -0.15) is 0 Å². The van der Waals surface area contributed by atoms with Crippen molar-refractivity contribution in [2.75, 3.05) is 0 Å². The fourth-order valence-electron chi connectivity index (χ4n) is 3.92. The SMILES string of the molecule is CC(C(=O)NCc1cccnc1)N(Cc1ccccc1)C(=O)CCc1ccc(S(=O)(=O)NC2CC2)cc1. The number of nitrogens with one attached hydrogen (secondary N) is 2. The van der Waals surface area contributed by atoms with Gasteiger partial charge in [-0.1, -0.05) is 48.5 Å². The predicted molar refractivity (Wildman–Crippen MR) is 141 cm³/mol. The van der Waals surface area contributed by atoms with Crippen molar-refractivity contribution in [1.29, 1.82) is 0 Å². The number of nitrogens with zero attached hydrogens (tertiary/aromatic N) is 2. The number of pyridine rings is 1. The van der Waals surface area contributed by atoms with Crippen molar-refractivity contribution in [1.82, 2.24) is 19.9 Å². The van der Waals surface area contributed by atoms with Gasteiger partial charge in [0.1, 0.15) is 6.04 Å². The van der Waals surface area contributed by atoms with Crippen LogP contribution in [0.4, 0.5) is 0 Å². The Balaban J connectivity index is 1.39. The zero-order valence-corrected chi connectivity index (χ0v) is 21.7. The van der Waals surface area contributed by atoms with Crippen molar-refractivity contribution in [3.63, 3.8) is 0 Å². The number of aryl methyl sites for hydroxylation is 1. The van der Waals surface area contributed by atoms with Crippen molar-refractivity contribution >= 4 is 21.8 Å². The molecule has 0 saturated heterocycles. The molecule has 3 aromatic rings. The molecular weight excluding hydrogens is 488 g/mol. The zero-order valence-electron chi connectivity index (χ0n) is 20.8.